The third-order valence-corrected chi connectivity index (χ3v) is 7.77. The number of benzene rings is 3. The van der Waals surface area contributed by atoms with Gasteiger partial charge in [-0.15, -0.1) is 0 Å². The molecule has 4 aromatic rings. The van der Waals surface area contributed by atoms with Crippen LogP contribution in [0, 0.1) is 0 Å². The van der Waals surface area contributed by atoms with Crippen LogP contribution < -0.4 is 24.4 Å². The topological polar surface area (TPSA) is 73.0 Å². The van der Waals surface area contributed by atoms with E-state index in [2.05, 4.69) is 18.2 Å². The van der Waals surface area contributed by atoms with Gasteiger partial charge in [0.2, 0.25) is 0 Å². The van der Waals surface area contributed by atoms with Gasteiger partial charge in [-0.1, -0.05) is 53.8 Å². The molecule has 6 nitrogen and oxygen atoms in total. The molecule has 1 N–H and O–H groups in total. The van der Waals surface area contributed by atoms with Crippen molar-refractivity contribution in [3.63, 3.8) is 0 Å². The van der Waals surface area contributed by atoms with Crippen LogP contribution in [0.2, 0.25) is 0 Å². The monoisotopic (exact) mass is 496 g/mol. The zero-order valence-corrected chi connectivity index (χ0v) is 20.7. The number of thiazole rings is 1. The van der Waals surface area contributed by atoms with Crippen molar-refractivity contribution in [1.82, 2.24) is 4.57 Å². The van der Waals surface area contributed by atoms with Crippen LogP contribution in [0.1, 0.15) is 34.7 Å². The molecule has 2 heterocycles. The van der Waals surface area contributed by atoms with E-state index in [1.54, 1.807) is 38.5 Å². The summed E-state index contributed by atoms with van der Waals surface area (Å²) in [4.78, 5) is 19.5. The number of nitrogens with zero attached hydrogens (tertiary/aromatic N) is 2. The first-order valence-corrected chi connectivity index (χ1v) is 12.5. The minimum atomic E-state index is -0.300. The number of hydrogen-bond acceptors (Lipinski definition) is 6. The SMILES string of the molecule is COc1ccc([C@H]2C3=C(N=c4s/c(=C/c5ccc(O)cc5)c(=O)n42)c2ccccc2CC3)cc1OC. The zero-order chi connectivity index (χ0) is 24.8. The zero-order valence-electron chi connectivity index (χ0n) is 19.9. The molecule has 0 saturated carbocycles. The number of aryl methyl sites for hydroxylation is 1. The Labute approximate surface area is 211 Å². The average Bonchev–Trinajstić information content (AvgIpc) is 3.22. The number of ether oxygens (including phenoxy) is 2. The van der Waals surface area contributed by atoms with Crippen molar-refractivity contribution in [2.75, 3.05) is 14.2 Å². The van der Waals surface area contributed by atoms with Crippen LogP contribution >= 0.6 is 11.3 Å². The van der Waals surface area contributed by atoms with Crippen molar-refractivity contribution in [2.45, 2.75) is 18.9 Å². The number of allylic oxidation sites excluding steroid dienone is 1. The highest BCUT2D eigenvalue weighted by molar-refractivity contribution is 7.07. The maximum Gasteiger partial charge on any atom is 0.271 e. The van der Waals surface area contributed by atoms with Crippen molar-refractivity contribution in [3.8, 4) is 17.2 Å². The number of rotatable bonds is 4. The summed E-state index contributed by atoms with van der Waals surface area (Å²) < 4.78 is 13.5. The number of methoxy groups -OCH3 is 2. The van der Waals surface area contributed by atoms with Crippen LogP contribution in [0.25, 0.3) is 11.8 Å². The van der Waals surface area contributed by atoms with Crippen LogP contribution in [-0.2, 0) is 6.42 Å². The summed E-state index contributed by atoms with van der Waals surface area (Å²) in [7, 11) is 3.23. The van der Waals surface area contributed by atoms with Gasteiger partial charge in [-0.3, -0.25) is 9.36 Å². The Kier molecular flexibility index (Phi) is 5.49. The molecule has 0 radical (unpaired) electrons. The minimum Gasteiger partial charge on any atom is -0.508 e. The number of phenolic OH excluding ortho intramolecular Hbond substituents is 1. The quantitative estimate of drug-likeness (QED) is 0.463. The second kappa shape index (κ2) is 8.84. The predicted octanol–water partition coefficient (Wildman–Crippen LogP) is 4.04. The van der Waals surface area contributed by atoms with Gasteiger partial charge in [0.1, 0.15) is 5.75 Å². The maximum absolute atomic E-state index is 13.8. The fourth-order valence-electron chi connectivity index (χ4n) is 5.07. The lowest BCUT2D eigenvalue weighted by atomic mass is 9.83. The van der Waals surface area contributed by atoms with Gasteiger partial charge >= 0.3 is 0 Å². The Hall–Kier alpha value is -4.10. The maximum atomic E-state index is 13.8. The van der Waals surface area contributed by atoms with E-state index in [9.17, 15) is 9.90 Å². The normalized spacial score (nSPS) is 16.6. The van der Waals surface area contributed by atoms with Gasteiger partial charge in [-0.2, -0.15) is 0 Å². The smallest absolute Gasteiger partial charge is 0.271 e. The molecule has 180 valence electrons. The van der Waals surface area contributed by atoms with E-state index in [4.69, 9.17) is 14.5 Å². The second-order valence-corrected chi connectivity index (χ2v) is 9.83. The first-order valence-electron chi connectivity index (χ1n) is 11.7. The number of hydrogen-bond donors (Lipinski definition) is 1. The molecule has 0 spiro atoms. The summed E-state index contributed by atoms with van der Waals surface area (Å²) in [5.74, 6) is 1.45. The molecular formula is C29H24N2O4S. The summed E-state index contributed by atoms with van der Waals surface area (Å²) in [5, 5.41) is 9.63. The van der Waals surface area contributed by atoms with E-state index in [0.717, 1.165) is 40.8 Å². The highest BCUT2D eigenvalue weighted by atomic mass is 32.1. The number of fused-ring (bicyclic) bond motifs is 3. The number of aromatic nitrogens is 1. The molecule has 1 atom stereocenters. The van der Waals surface area contributed by atoms with Gasteiger partial charge in [0.25, 0.3) is 5.56 Å². The fraction of sp³-hybridized carbons (Fsp3) is 0.172. The molecule has 6 rings (SSSR count). The molecule has 0 amide bonds. The molecule has 0 bridgehead atoms. The number of aromatic hydroxyl groups is 1. The van der Waals surface area contributed by atoms with Gasteiger partial charge < -0.3 is 14.6 Å². The van der Waals surface area contributed by atoms with Crippen molar-refractivity contribution >= 4 is 23.1 Å². The molecule has 0 unspecified atom stereocenters. The molecule has 1 aliphatic heterocycles. The third kappa shape index (κ3) is 3.63. The van der Waals surface area contributed by atoms with Gasteiger partial charge in [0.05, 0.1) is 30.5 Å². The average molecular weight is 497 g/mol. The van der Waals surface area contributed by atoms with E-state index in [1.807, 2.05) is 34.9 Å². The lowest BCUT2D eigenvalue weighted by Crippen LogP contribution is -2.38. The molecule has 7 heteroatoms. The van der Waals surface area contributed by atoms with Gasteiger partial charge in [-0.25, -0.2) is 4.99 Å². The van der Waals surface area contributed by atoms with Crippen molar-refractivity contribution in [2.24, 2.45) is 4.99 Å². The number of phenols is 1. The Bertz CT molecular complexity index is 1700. The van der Waals surface area contributed by atoms with Gasteiger partial charge in [0.15, 0.2) is 16.3 Å². The van der Waals surface area contributed by atoms with E-state index >= 15 is 0 Å². The van der Waals surface area contributed by atoms with Gasteiger partial charge in [0, 0.05) is 5.56 Å². The standard InChI is InChI=1S/C29H24N2O4S/c1-34-23-14-10-19(16-24(23)35-2)27-22-13-9-18-5-3-4-6-21(18)26(22)30-29-31(27)28(33)25(36-29)15-17-7-11-20(32)12-8-17/h3-8,10-12,14-16,27,32H,9,13H2,1-2H3/b25-15+/t27-/m0/s1. The summed E-state index contributed by atoms with van der Waals surface area (Å²) in [6, 6.07) is 20.7. The summed E-state index contributed by atoms with van der Waals surface area (Å²) in [6.07, 6.45) is 3.56. The summed E-state index contributed by atoms with van der Waals surface area (Å²) >= 11 is 1.38. The lowest BCUT2D eigenvalue weighted by Gasteiger charge is -2.31. The Morgan fingerprint density at radius 2 is 1.78 bits per heavy atom. The van der Waals surface area contributed by atoms with E-state index in [-0.39, 0.29) is 17.4 Å². The largest absolute Gasteiger partial charge is 0.508 e. The lowest BCUT2D eigenvalue weighted by molar-refractivity contribution is 0.354. The molecule has 0 fully saturated rings. The first kappa shape index (κ1) is 22.4. The van der Waals surface area contributed by atoms with E-state index in [0.29, 0.717) is 20.8 Å². The predicted molar refractivity (Wildman–Crippen MR) is 140 cm³/mol. The van der Waals surface area contributed by atoms with Crippen LogP contribution in [0.5, 0.6) is 17.2 Å². The third-order valence-electron chi connectivity index (χ3n) is 6.79. The van der Waals surface area contributed by atoms with Crippen LogP contribution in [-0.4, -0.2) is 23.9 Å². The van der Waals surface area contributed by atoms with E-state index in [1.165, 1.54) is 16.9 Å². The summed E-state index contributed by atoms with van der Waals surface area (Å²) in [5.41, 5.74) is 6.19. The van der Waals surface area contributed by atoms with E-state index < -0.39 is 0 Å². The molecule has 36 heavy (non-hydrogen) atoms. The van der Waals surface area contributed by atoms with Crippen molar-refractivity contribution in [1.29, 1.82) is 0 Å². The highest BCUT2D eigenvalue weighted by Gasteiger charge is 2.33. The Morgan fingerprint density at radius 3 is 2.56 bits per heavy atom. The van der Waals surface area contributed by atoms with Crippen LogP contribution in [0.4, 0.5) is 0 Å². The minimum absolute atomic E-state index is 0.0861. The van der Waals surface area contributed by atoms with Crippen LogP contribution in [0.15, 0.2) is 82.1 Å². The molecule has 3 aromatic carbocycles. The molecule has 0 saturated heterocycles. The van der Waals surface area contributed by atoms with Crippen molar-refractivity contribution in [3.05, 3.63) is 114 Å². The first-order chi connectivity index (χ1) is 17.6. The molecule has 1 aliphatic carbocycles. The van der Waals surface area contributed by atoms with Crippen LogP contribution in [0.3, 0.4) is 0 Å². The summed E-state index contributed by atoms with van der Waals surface area (Å²) in [6.45, 7) is 0. The fourth-order valence-corrected chi connectivity index (χ4v) is 6.07. The molecular weight excluding hydrogens is 472 g/mol. The second-order valence-electron chi connectivity index (χ2n) is 8.82. The highest BCUT2D eigenvalue weighted by Crippen LogP contribution is 2.42. The molecule has 2 aliphatic rings. The molecule has 1 aromatic heterocycles. The Balaban J connectivity index is 1.62. The Morgan fingerprint density at radius 1 is 1.00 bits per heavy atom. The van der Waals surface area contributed by atoms with Gasteiger partial charge in [-0.05, 0) is 65.4 Å². The van der Waals surface area contributed by atoms with Crippen molar-refractivity contribution < 1.29 is 14.6 Å².